The number of alkyl halides is 2. The summed E-state index contributed by atoms with van der Waals surface area (Å²) < 4.78 is 30.1. The van der Waals surface area contributed by atoms with Crippen molar-refractivity contribution >= 4 is 28.3 Å². The standard InChI is InChI=1S/C21H19ClF2N2O/c1-12-16-9-8-15(21(23,24)13(2)27)10-20(16)26(25-12)11-18-17(14-6-7-14)4-3-5-19(18)22/h3-5,8-10,14H,6-7,11H2,1-2H3. The number of hydrogen-bond acceptors (Lipinski definition) is 2. The number of aromatic nitrogens is 2. The number of ketones is 1. The maximum Gasteiger partial charge on any atom is 0.330 e. The van der Waals surface area contributed by atoms with Crippen molar-refractivity contribution in [2.24, 2.45) is 0 Å². The van der Waals surface area contributed by atoms with Gasteiger partial charge in [0.1, 0.15) is 0 Å². The molecule has 0 aliphatic heterocycles. The summed E-state index contributed by atoms with van der Waals surface area (Å²) in [5, 5.41) is 5.99. The smallest absolute Gasteiger partial charge is 0.293 e. The molecule has 0 bridgehead atoms. The van der Waals surface area contributed by atoms with Crippen molar-refractivity contribution in [2.45, 2.75) is 45.1 Å². The Hall–Kier alpha value is -2.27. The zero-order chi connectivity index (χ0) is 19.3. The zero-order valence-electron chi connectivity index (χ0n) is 15.1. The second-order valence-electron chi connectivity index (χ2n) is 7.19. The summed E-state index contributed by atoms with van der Waals surface area (Å²) in [6.45, 7) is 3.15. The van der Waals surface area contributed by atoms with Gasteiger partial charge in [-0.2, -0.15) is 13.9 Å². The molecule has 3 nitrogen and oxygen atoms in total. The molecule has 2 aromatic carbocycles. The fraction of sp³-hybridized carbons (Fsp3) is 0.333. The van der Waals surface area contributed by atoms with Crippen molar-refractivity contribution < 1.29 is 13.6 Å². The van der Waals surface area contributed by atoms with Crippen molar-refractivity contribution in [1.82, 2.24) is 9.78 Å². The van der Waals surface area contributed by atoms with Gasteiger partial charge in [0, 0.05) is 22.9 Å². The third-order valence-electron chi connectivity index (χ3n) is 5.22. The molecule has 0 atom stereocenters. The van der Waals surface area contributed by atoms with Crippen LogP contribution in [0.4, 0.5) is 8.78 Å². The third-order valence-corrected chi connectivity index (χ3v) is 5.58. The van der Waals surface area contributed by atoms with E-state index in [2.05, 4.69) is 11.2 Å². The van der Waals surface area contributed by atoms with Crippen molar-refractivity contribution in [3.8, 4) is 0 Å². The lowest BCUT2D eigenvalue weighted by molar-refractivity contribution is -0.141. The lowest BCUT2D eigenvalue weighted by Crippen LogP contribution is -2.23. The van der Waals surface area contributed by atoms with Gasteiger partial charge in [-0.05, 0) is 48.9 Å². The van der Waals surface area contributed by atoms with E-state index in [4.69, 9.17) is 11.6 Å². The molecule has 1 aliphatic rings. The van der Waals surface area contributed by atoms with Gasteiger partial charge in [-0.3, -0.25) is 9.48 Å². The molecule has 0 radical (unpaired) electrons. The van der Waals surface area contributed by atoms with Gasteiger partial charge < -0.3 is 0 Å². The molecule has 0 saturated heterocycles. The second kappa shape index (κ2) is 6.41. The number of rotatable bonds is 5. The maximum atomic E-state index is 14.2. The molecular formula is C21H19ClF2N2O. The number of aryl methyl sites for hydroxylation is 1. The van der Waals surface area contributed by atoms with E-state index in [9.17, 15) is 13.6 Å². The van der Waals surface area contributed by atoms with Gasteiger partial charge in [0.05, 0.1) is 17.8 Å². The van der Waals surface area contributed by atoms with Gasteiger partial charge in [0.25, 0.3) is 0 Å². The van der Waals surface area contributed by atoms with Crippen LogP contribution in [0.15, 0.2) is 36.4 Å². The first kappa shape index (κ1) is 18.1. The van der Waals surface area contributed by atoms with Crippen LogP contribution in [0.1, 0.15) is 48.1 Å². The first-order valence-corrected chi connectivity index (χ1v) is 9.30. The molecule has 27 heavy (non-hydrogen) atoms. The minimum Gasteiger partial charge on any atom is -0.293 e. The molecule has 0 amide bonds. The number of hydrogen-bond donors (Lipinski definition) is 0. The van der Waals surface area contributed by atoms with Crippen molar-refractivity contribution in [3.63, 3.8) is 0 Å². The normalized spacial score (nSPS) is 14.7. The predicted octanol–water partition coefficient (Wildman–Crippen LogP) is 5.60. The Bertz CT molecular complexity index is 1050. The van der Waals surface area contributed by atoms with E-state index in [1.54, 1.807) is 10.7 Å². The van der Waals surface area contributed by atoms with Crippen LogP contribution in [0.25, 0.3) is 10.9 Å². The van der Waals surface area contributed by atoms with Crippen LogP contribution in [-0.2, 0) is 17.3 Å². The van der Waals surface area contributed by atoms with E-state index in [1.165, 1.54) is 17.7 Å². The van der Waals surface area contributed by atoms with Crippen LogP contribution >= 0.6 is 11.6 Å². The van der Waals surface area contributed by atoms with Gasteiger partial charge >= 0.3 is 5.92 Å². The van der Waals surface area contributed by atoms with Gasteiger partial charge in [-0.25, -0.2) is 0 Å². The van der Waals surface area contributed by atoms with E-state index in [0.29, 0.717) is 23.0 Å². The number of halogens is 3. The molecule has 3 aromatic rings. The molecule has 0 N–H and O–H groups in total. The second-order valence-corrected chi connectivity index (χ2v) is 7.59. The molecule has 1 aromatic heterocycles. The highest BCUT2D eigenvalue weighted by atomic mass is 35.5. The van der Waals surface area contributed by atoms with Crippen LogP contribution in [0.5, 0.6) is 0 Å². The zero-order valence-corrected chi connectivity index (χ0v) is 15.9. The van der Waals surface area contributed by atoms with Gasteiger partial charge in [-0.1, -0.05) is 35.9 Å². The Labute approximate surface area is 160 Å². The fourth-order valence-electron chi connectivity index (χ4n) is 3.53. The molecule has 4 rings (SSSR count). The monoisotopic (exact) mass is 388 g/mol. The summed E-state index contributed by atoms with van der Waals surface area (Å²) >= 11 is 6.45. The SMILES string of the molecule is CC(=O)C(F)(F)c1ccc2c(C)nn(Cc3c(Cl)cccc3C3CC3)c2c1. The molecule has 0 unspecified atom stereocenters. The summed E-state index contributed by atoms with van der Waals surface area (Å²) in [4.78, 5) is 11.4. The van der Waals surface area contributed by atoms with Crippen LogP contribution in [0.2, 0.25) is 5.02 Å². The van der Waals surface area contributed by atoms with Crippen molar-refractivity contribution in [3.05, 3.63) is 63.8 Å². The molecule has 1 aliphatic carbocycles. The summed E-state index contributed by atoms with van der Waals surface area (Å²) in [7, 11) is 0. The molecule has 0 spiro atoms. The Morgan fingerprint density at radius 1 is 1.30 bits per heavy atom. The highest BCUT2D eigenvalue weighted by Crippen LogP contribution is 2.43. The molecule has 1 heterocycles. The Balaban J connectivity index is 1.82. The number of carbonyl (C=O) groups is 1. The quantitative estimate of drug-likeness (QED) is 0.569. The summed E-state index contributed by atoms with van der Waals surface area (Å²) in [5.74, 6) is -4.17. The first-order chi connectivity index (χ1) is 12.8. The maximum absolute atomic E-state index is 14.2. The summed E-state index contributed by atoms with van der Waals surface area (Å²) in [6.07, 6.45) is 2.28. The molecule has 1 fully saturated rings. The van der Waals surface area contributed by atoms with E-state index in [-0.39, 0.29) is 5.56 Å². The Morgan fingerprint density at radius 3 is 2.70 bits per heavy atom. The Morgan fingerprint density at radius 2 is 2.04 bits per heavy atom. The van der Waals surface area contributed by atoms with E-state index >= 15 is 0 Å². The largest absolute Gasteiger partial charge is 0.330 e. The lowest BCUT2D eigenvalue weighted by Gasteiger charge is -2.14. The average molecular weight is 389 g/mol. The van der Waals surface area contributed by atoms with Gasteiger partial charge in [-0.15, -0.1) is 0 Å². The van der Waals surface area contributed by atoms with Crippen LogP contribution in [0.3, 0.4) is 0 Å². The topological polar surface area (TPSA) is 34.9 Å². The van der Waals surface area contributed by atoms with E-state index in [1.807, 2.05) is 19.1 Å². The number of fused-ring (bicyclic) bond motifs is 1. The third kappa shape index (κ3) is 3.14. The molecule has 140 valence electrons. The number of Topliss-reactive ketones (excluding diaryl/α,β-unsaturated/α-hetero) is 1. The van der Waals surface area contributed by atoms with Crippen molar-refractivity contribution in [1.29, 1.82) is 0 Å². The minimum absolute atomic E-state index is 0.315. The van der Waals surface area contributed by atoms with E-state index < -0.39 is 11.7 Å². The number of benzene rings is 2. The van der Waals surface area contributed by atoms with E-state index in [0.717, 1.165) is 36.4 Å². The predicted molar refractivity (Wildman–Crippen MR) is 102 cm³/mol. The van der Waals surface area contributed by atoms with Crippen LogP contribution in [0, 0.1) is 6.92 Å². The van der Waals surface area contributed by atoms with Crippen molar-refractivity contribution in [2.75, 3.05) is 0 Å². The summed E-state index contributed by atoms with van der Waals surface area (Å²) in [5.41, 5.74) is 3.20. The molecule has 1 saturated carbocycles. The average Bonchev–Trinajstić information content (AvgIpc) is 3.42. The highest BCUT2D eigenvalue weighted by Gasteiger charge is 2.37. The van der Waals surface area contributed by atoms with Gasteiger partial charge in [0.15, 0.2) is 0 Å². The van der Waals surface area contributed by atoms with Gasteiger partial charge in [0.2, 0.25) is 5.78 Å². The molecular weight excluding hydrogens is 370 g/mol. The Kier molecular flexibility index (Phi) is 4.30. The lowest BCUT2D eigenvalue weighted by atomic mass is 10.0. The van der Waals surface area contributed by atoms with Crippen LogP contribution in [-0.4, -0.2) is 15.6 Å². The minimum atomic E-state index is -3.51. The molecule has 6 heteroatoms. The highest BCUT2D eigenvalue weighted by molar-refractivity contribution is 6.31. The fourth-order valence-corrected chi connectivity index (χ4v) is 3.77. The number of carbonyl (C=O) groups excluding carboxylic acids is 1. The van der Waals surface area contributed by atoms with Crippen LogP contribution < -0.4 is 0 Å². The summed E-state index contributed by atoms with van der Waals surface area (Å²) in [6, 6.07) is 10.1. The first-order valence-electron chi connectivity index (χ1n) is 8.93. The number of nitrogens with zero attached hydrogens (tertiary/aromatic N) is 2.